The molecule has 0 aliphatic carbocycles. The lowest BCUT2D eigenvalue weighted by Gasteiger charge is -2.10. The van der Waals surface area contributed by atoms with Crippen molar-refractivity contribution in [3.05, 3.63) is 23.5 Å². The fraction of sp³-hybridized carbons (Fsp3) is 0.333. The van der Waals surface area contributed by atoms with E-state index in [1.807, 2.05) is 13.8 Å². The molecule has 0 spiro atoms. The molecule has 0 aliphatic rings. The van der Waals surface area contributed by atoms with Gasteiger partial charge in [0.25, 0.3) is 5.91 Å². The number of nitrogens with zero attached hydrogens (tertiary/aromatic N) is 1. The van der Waals surface area contributed by atoms with Crippen LogP contribution in [0, 0.1) is 0 Å². The molecule has 4 N–H and O–H groups in total. The average Bonchev–Trinajstić information content (AvgIpc) is 2.03. The topological polar surface area (TPSA) is 82.0 Å². The Morgan fingerprint density at radius 1 is 1.54 bits per heavy atom. The lowest BCUT2D eigenvalue weighted by Crippen LogP contribution is -2.16. The first kappa shape index (κ1) is 9.51. The van der Waals surface area contributed by atoms with Crippen LogP contribution in [0.1, 0.15) is 35.8 Å². The predicted molar refractivity (Wildman–Crippen MR) is 51.3 cm³/mol. The zero-order valence-corrected chi connectivity index (χ0v) is 7.74. The number of anilines is 1. The number of hydrogen-bond donors (Lipinski definition) is 2. The van der Waals surface area contributed by atoms with Crippen LogP contribution in [0.15, 0.2) is 12.3 Å². The Kier molecular flexibility index (Phi) is 2.51. The molecule has 0 bridgehead atoms. The maximum absolute atomic E-state index is 10.9. The smallest absolute Gasteiger partial charge is 0.269 e. The summed E-state index contributed by atoms with van der Waals surface area (Å²) >= 11 is 0. The second kappa shape index (κ2) is 3.43. The molecule has 0 aromatic carbocycles. The molecule has 1 rings (SSSR count). The van der Waals surface area contributed by atoms with E-state index < -0.39 is 5.91 Å². The number of amides is 1. The van der Waals surface area contributed by atoms with Crippen LogP contribution in [0.25, 0.3) is 0 Å². The zero-order chi connectivity index (χ0) is 10.0. The van der Waals surface area contributed by atoms with Crippen molar-refractivity contribution in [3.63, 3.8) is 0 Å². The maximum atomic E-state index is 10.9. The number of pyridine rings is 1. The van der Waals surface area contributed by atoms with E-state index in [1.54, 1.807) is 12.3 Å². The van der Waals surface area contributed by atoms with Gasteiger partial charge in [0.05, 0.1) is 5.69 Å². The van der Waals surface area contributed by atoms with E-state index in [1.165, 1.54) is 0 Å². The Balaban J connectivity index is 3.26. The molecule has 1 amide bonds. The van der Waals surface area contributed by atoms with E-state index >= 15 is 0 Å². The van der Waals surface area contributed by atoms with Crippen LogP contribution >= 0.6 is 0 Å². The van der Waals surface area contributed by atoms with Crippen LogP contribution in [0.5, 0.6) is 0 Å². The molecule has 0 atom stereocenters. The van der Waals surface area contributed by atoms with E-state index in [9.17, 15) is 4.79 Å². The number of nitrogens with two attached hydrogens (primary N) is 2. The normalized spacial score (nSPS) is 10.4. The van der Waals surface area contributed by atoms with Gasteiger partial charge in [0.1, 0.15) is 0 Å². The molecule has 13 heavy (non-hydrogen) atoms. The molecular formula is C9H13N3O. The molecule has 70 valence electrons. The Bertz CT molecular complexity index is 334. The SMILES string of the molecule is CC(C)c1ccnc(C(N)=O)c1N. The molecule has 0 aliphatic heterocycles. The van der Waals surface area contributed by atoms with E-state index in [0.29, 0.717) is 5.69 Å². The number of hydrogen-bond acceptors (Lipinski definition) is 3. The monoisotopic (exact) mass is 179 g/mol. The van der Waals surface area contributed by atoms with Crippen molar-refractivity contribution >= 4 is 11.6 Å². The number of carbonyl (C=O) groups is 1. The summed E-state index contributed by atoms with van der Waals surface area (Å²) in [6.07, 6.45) is 1.55. The summed E-state index contributed by atoms with van der Waals surface area (Å²) in [7, 11) is 0. The van der Waals surface area contributed by atoms with E-state index in [2.05, 4.69) is 4.98 Å². The van der Waals surface area contributed by atoms with E-state index in [-0.39, 0.29) is 11.6 Å². The van der Waals surface area contributed by atoms with Crippen molar-refractivity contribution in [2.75, 3.05) is 5.73 Å². The predicted octanol–water partition coefficient (Wildman–Crippen LogP) is 0.886. The summed E-state index contributed by atoms with van der Waals surface area (Å²) in [4.78, 5) is 14.7. The van der Waals surface area contributed by atoms with Crippen molar-refractivity contribution in [2.24, 2.45) is 5.73 Å². The minimum atomic E-state index is -0.583. The summed E-state index contributed by atoms with van der Waals surface area (Å²) in [5, 5.41) is 0. The van der Waals surface area contributed by atoms with Crippen LogP contribution in [0.3, 0.4) is 0 Å². The maximum Gasteiger partial charge on any atom is 0.269 e. The van der Waals surface area contributed by atoms with Gasteiger partial charge in [0, 0.05) is 6.20 Å². The molecule has 0 saturated carbocycles. The van der Waals surface area contributed by atoms with Gasteiger partial charge in [0.2, 0.25) is 0 Å². The average molecular weight is 179 g/mol. The lowest BCUT2D eigenvalue weighted by molar-refractivity contribution is 0.0996. The van der Waals surface area contributed by atoms with Gasteiger partial charge in [-0.1, -0.05) is 13.8 Å². The van der Waals surface area contributed by atoms with Gasteiger partial charge in [-0.3, -0.25) is 4.79 Å². The molecule has 1 aromatic heterocycles. The first-order chi connectivity index (χ1) is 6.04. The standard InChI is InChI=1S/C9H13N3O/c1-5(2)6-3-4-12-8(7(6)10)9(11)13/h3-5H,10H2,1-2H3,(H2,11,13). The summed E-state index contributed by atoms with van der Waals surface area (Å²) in [6.45, 7) is 3.99. The van der Waals surface area contributed by atoms with Crippen LogP contribution in [-0.4, -0.2) is 10.9 Å². The highest BCUT2D eigenvalue weighted by molar-refractivity contribution is 5.96. The molecular weight excluding hydrogens is 166 g/mol. The Hall–Kier alpha value is -1.58. The zero-order valence-electron chi connectivity index (χ0n) is 7.74. The van der Waals surface area contributed by atoms with Crippen molar-refractivity contribution < 1.29 is 4.79 Å². The van der Waals surface area contributed by atoms with Crippen molar-refractivity contribution in [1.29, 1.82) is 0 Å². The van der Waals surface area contributed by atoms with Crippen LogP contribution in [0.4, 0.5) is 5.69 Å². The van der Waals surface area contributed by atoms with Crippen LogP contribution < -0.4 is 11.5 Å². The number of primary amides is 1. The largest absolute Gasteiger partial charge is 0.397 e. The Morgan fingerprint density at radius 2 is 2.15 bits per heavy atom. The van der Waals surface area contributed by atoms with E-state index in [0.717, 1.165) is 5.56 Å². The molecule has 0 fully saturated rings. The Labute approximate surface area is 77.0 Å². The summed E-state index contributed by atoms with van der Waals surface area (Å²) in [5.41, 5.74) is 12.3. The molecule has 0 radical (unpaired) electrons. The fourth-order valence-electron chi connectivity index (χ4n) is 1.19. The molecule has 4 nitrogen and oxygen atoms in total. The number of aromatic nitrogens is 1. The minimum absolute atomic E-state index is 0.159. The molecule has 4 heteroatoms. The van der Waals surface area contributed by atoms with Gasteiger partial charge in [-0.25, -0.2) is 4.98 Å². The van der Waals surface area contributed by atoms with Gasteiger partial charge in [0.15, 0.2) is 5.69 Å². The molecule has 1 heterocycles. The Morgan fingerprint density at radius 3 is 2.62 bits per heavy atom. The number of nitrogen functional groups attached to an aromatic ring is 1. The van der Waals surface area contributed by atoms with Gasteiger partial charge in [-0.15, -0.1) is 0 Å². The van der Waals surface area contributed by atoms with Gasteiger partial charge in [-0.2, -0.15) is 0 Å². The minimum Gasteiger partial charge on any atom is -0.397 e. The van der Waals surface area contributed by atoms with Gasteiger partial charge >= 0.3 is 0 Å². The van der Waals surface area contributed by atoms with Crippen LogP contribution in [-0.2, 0) is 0 Å². The van der Waals surface area contributed by atoms with Gasteiger partial charge in [-0.05, 0) is 17.5 Å². The third kappa shape index (κ3) is 1.77. The molecule has 1 aromatic rings. The van der Waals surface area contributed by atoms with Gasteiger partial charge < -0.3 is 11.5 Å². The quantitative estimate of drug-likeness (QED) is 0.707. The lowest BCUT2D eigenvalue weighted by atomic mass is 10.0. The number of rotatable bonds is 2. The number of carbonyl (C=O) groups excluding carboxylic acids is 1. The fourth-order valence-corrected chi connectivity index (χ4v) is 1.19. The second-order valence-electron chi connectivity index (χ2n) is 3.18. The highest BCUT2D eigenvalue weighted by Gasteiger charge is 2.12. The molecule has 0 unspecified atom stereocenters. The summed E-state index contributed by atoms with van der Waals surface area (Å²) < 4.78 is 0. The first-order valence-electron chi connectivity index (χ1n) is 4.08. The third-order valence-electron chi connectivity index (χ3n) is 1.88. The van der Waals surface area contributed by atoms with Crippen molar-refractivity contribution in [2.45, 2.75) is 19.8 Å². The van der Waals surface area contributed by atoms with Crippen molar-refractivity contribution in [1.82, 2.24) is 4.98 Å². The summed E-state index contributed by atoms with van der Waals surface area (Å²) in [5.74, 6) is -0.318. The second-order valence-corrected chi connectivity index (χ2v) is 3.18. The highest BCUT2D eigenvalue weighted by atomic mass is 16.1. The summed E-state index contributed by atoms with van der Waals surface area (Å²) in [6, 6.07) is 1.80. The molecule has 0 saturated heterocycles. The van der Waals surface area contributed by atoms with Crippen LogP contribution in [0.2, 0.25) is 0 Å². The van der Waals surface area contributed by atoms with Crippen molar-refractivity contribution in [3.8, 4) is 0 Å². The van der Waals surface area contributed by atoms with E-state index in [4.69, 9.17) is 11.5 Å². The third-order valence-corrected chi connectivity index (χ3v) is 1.88. The first-order valence-corrected chi connectivity index (χ1v) is 4.08. The highest BCUT2D eigenvalue weighted by Crippen LogP contribution is 2.22.